The normalized spacial score (nSPS) is 29.1. The average molecular weight is 243 g/mol. The van der Waals surface area contributed by atoms with Crippen LogP contribution in [0.15, 0.2) is 6.20 Å². The van der Waals surface area contributed by atoms with Gasteiger partial charge in [0.25, 0.3) is 0 Å². The summed E-state index contributed by atoms with van der Waals surface area (Å²) in [6, 6.07) is 0. The molecule has 2 aliphatic rings. The van der Waals surface area contributed by atoms with E-state index in [9.17, 15) is 0 Å². The second-order valence-electron chi connectivity index (χ2n) is 4.89. The number of aromatic nitrogens is 2. The van der Waals surface area contributed by atoms with Crippen molar-refractivity contribution in [2.24, 2.45) is 11.8 Å². The highest BCUT2D eigenvalue weighted by atomic mass is 35.5. The minimum Gasteiger partial charge on any atom is -0.316 e. The number of rotatable bonds is 2. The smallest absolute Gasteiger partial charge is 0.0535 e. The Morgan fingerprint density at radius 1 is 1.38 bits per heavy atom. The van der Waals surface area contributed by atoms with E-state index in [2.05, 4.69) is 27.3 Å². The third kappa shape index (κ3) is 2.10. The molecular formula is C11H19ClN4. The molecule has 16 heavy (non-hydrogen) atoms. The molecule has 2 N–H and O–H groups in total. The number of aromatic amines is 1. The van der Waals surface area contributed by atoms with E-state index in [1.54, 1.807) is 0 Å². The van der Waals surface area contributed by atoms with Crippen LogP contribution in [0.3, 0.4) is 0 Å². The topological polar surface area (TPSA) is 44.0 Å². The van der Waals surface area contributed by atoms with Gasteiger partial charge in [0.05, 0.1) is 6.20 Å². The van der Waals surface area contributed by atoms with Crippen LogP contribution < -0.4 is 5.32 Å². The maximum absolute atomic E-state index is 4.07. The number of nitrogens with zero attached hydrogens (tertiary/aromatic N) is 2. The van der Waals surface area contributed by atoms with Crippen LogP contribution in [-0.2, 0) is 6.54 Å². The first-order valence-corrected chi connectivity index (χ1v) is 5.75. The van der Waals surface area contributed by atoms with Crippen LogP contribution in [0.1, 0.15) is 11.3 Å². The van der Waals surface area contributed by atoms with Gasteiger partial charge in [-0.05, 0) is 31.8 Å². The summed E-state index contributed by atoms with van der Waals surface area (Å²) >= 11 is 0. The molecule has 0 unspecified atom stereocenters. The number of nitrogens with one attached hydrogen (secondary N) is 2. The Balaban J connectivity index is 0.000000963. The predicted octanol–water partition coefficient (Wildman–Crippen LogP) is 0.791. The molecule has 0 aliphatic carbocycles. The first-order valence-electron chi connectivity index (χ1n) is 5.75. The molecule has 0 amide bonds. The average Bonchev–Trinajstić information content (AvgIpc) is 2.83. The fourth-order valence-corrected chi connectivity index (χ4v) is 2.86. The molecule has 0 radical (unpaired) electrons. The van der Waals surface area contributed by atoms with Gasteiger partial charge in [-0.15, -0.1) is 12.4 Å². The van der Waals surface area contributed by atoms with E-state index < -0.39 is 0 Å². The monoisotopic (exact) mass is 242 g/mol. The van der Waals surface area contributed by atoms with E-state index in [1.165, 1.54) is 37.4 Å². The van der Waals surface area contributed by atoms with Crippen LogP contribution in [0.2, 0.25) is 0 Å². The number of hydrogen-bond donors (Lipinski definition) is 2. The lowest BCUT2D eigenvalue weighted by Gasteiger charge is -2.16. The fraction of sp³-hybridized carbons (Fsp3) is 0.727. The number of halogens is 1. The number of likely N-dealkylation sites (tertiary alicyclic amines) is 1. The maximum Gasteiger partial charge on any atom is 0.0535 e. The first kappa shape index (κ1) is 11.9. The number of H-pyrrole nitrogens is 1. The molecule has 5 heteroatoms. The molecule has 2 atom stereocenters. The zero-order valence-electron chi connectivity index (χ0n) is 9.57. The molecule has 0 bridgehead atoms. The minimum absolute atomic E-state index is 0. The molecule has 90 valence electrons. The second kappa shape index (κ2) is 4.73. The highest BCUT2D eigenvalue weighted by Gasteiger charge is 2.35. The van der Waals surface area contributed by atoms with Crippen molar-refractivity contribution in [2.75, 3.05) is 26.2 Å². The van der Waals surface area contributed by atoms with Crippen molar-refractivity contribution in [3.63, 3.8) is 0 Å². The molecule has 4 nitrogen and oxygen atoms in total. The SMILES string of the molecule is Cc1[nH]ncc1CN1C[C@H]2CNC[C@H]2C1.Cl. The van der Waals surface area contributed by atoms with Crippen LogP contribution in [0.5, 0.6) is 0 Å². The molecule has 1 aromatic heterocycles. The van der Waals surface area contributed by atoms with Crippen LogP contribution in [0.4, 0.5) is 0 Å². The Bertz CT molecular complexity index is 340. The Kier molecular flexibility index (Phi) is 3.52. The third-order valence-electron chi connectivity index (χ3n) is 3.79. The van der Waals surface area contributed by atoms with E-state index in [-0.39, 0.29) is 12.4 Å². The molecule has 1 aromatic rings. The van der Waals surface area contributed by atoms with Gasteiger partial charge in [0, 0.05) is 30.9 Å². The molecule has 0 aromatic carbocycles. The van der Waals surface area contributed by atoms with Gasteiger partial charge in [-0.25, -0.2) is 0 Å². The summed E-state index contributed by atoms with van der Waals surface area (Å²) in [5, 5.41) is 10.5. The Morgan fingerprint density at radius 3 is 2.62 bits per heavy atom. The van der Waals surface area contributed by atoms with Gasteiger partial charge < -0.3 is 5.32 Å². The standard InChI is InChI=1S/C11H18N4.ClH/c1-8-9(4-13-14-8)5-15-6-10-2-12-3-11(10)7-15;/h4,10-12H,2-3,5-7H2,1H3,(H,13,14);1H/t10-,11+;. The van der Waals surface area contributed by atoms with Gasteiger partial charge in [0.15, 0.2) is 0 Å². The van der Waals surface area contributed by atoms with Gasteiger partial charge in [-0.1, -0.05) is 0 Å². The van der Waals surface area contributed by atoms with Crippen molar-refractivity contribution < 1.29 is 0 Å². The van der Waals surface area contributed by atoms with Gasteiger partial charge in [0.1, 0.15) is 0 Å². The van der Waals surface area contributed by atoms with Crippen molar-refractivity contribution >= 4 is 12.4 Å². The lowest BCUT2D eigenvalue weighted by atomic mass is 10.0. The summed E-state index contributed by atoms with van der Waals surface area (Å²) in [6.45, 7) is 8.10. The quantitative estimate of drug-likeness (QED) is 0.806. The van der Waals surface area contributed by atoms with E-state index >= 15 is 0 Å². The lowest BCUT2D eigenvalue weighted by molar-refractivity contribution is 0.305. The molecule has 0 saturated carbocycles. The van der Waals surface area contributed by atoms with Crippen LogP contribution in [-0.4, -0.2) is 41.3 Å². The summed E-state index contributed by atoms with van der Waals surface area (Å²) in [5.41, 5.74) is 2.56. The Morgan fingerprint density at radius 2 is 2.06 bits per heavy atom. The van der Waals surface area contributed by atoms with E-state index in [0.29, 0.717) is 0 Å². The molecular weight excluding hydrogens is 224 g/mol. The summed E-state index contributed by atoms with van der Waals surface area (Å²) in [5.74, 6) is 1.77. The van der Waals surface area contributed by atoms with Crippen LogP contribution in [0.25, 0.3) is 0 Å². The van der Waals surface area contributed by atoms with Crippen molar-refractivity contribution in [3.05, 3.63) is 17.5 Å². The predicted molar refractivity (Wildman–Crippen MR) is 65.7 cm³/mol. The zero-order chi connectivity index (χ0) is 10.3. The molecule has 0 spiro atoms. The largest absolute Gasteiger partial charge is 0.316 e. The number of aryl methyl sites for hydroxylation is 1. The van der Waals surface area contributed by atoms with Gasteiger partial charge in [-0.3, -0.25) is 10.00 Å². The maximum atomic E-state index is 4.07. The first-order chi connectivity index (χ1) is 7.33. The van der Waals surface area contributed by atoms with Crippen molar-refractivity contribution in [3.8, 4) is 0 Å². The fourth-order valence-electron chi connectivity index (χ4n) is 2.86. The van der Waals surface area contributed by atoms with Crippen LogP contribution >= 0.6 is 12.4 Å². The van der Waals surface area contributed by atoms with Gasteiger partial charge in [-0.2, -0.15) is 5.10 Å². The Hall–Kier alpha value is -0.580. The molecule has 2 aliphatic heterocycles. The van der Waals surface area contributed by atoms with Gasteiger partial charge >= 0.3 is 0 Å². The lowest BCUT2D eigenvalue weighted by Crippen LogP contribution is -2.25. The van der Waals surface area contributed by atoms with Crippen molar-refractivity contribution in [1.82, 2.24) is 20.4 Å². The summed E-state index contributed by atoms with van der Waals surface area (Å²) in [7, 11) is 0. The summed E-state index contributed by atoms with van der Waals surface area (Å²) in [4.78, 5) is 2.56. The number of fused-ring (bicyclic) bond motifs is 1. The summed E-state index contributed by atoms with van der Waals surface area (Å²) in [6.07, 6.45) is 1.96. The van der Waals surface area contributed by atoms with E-state index in [4.69, 9.17) is 0 Å². The summed E-state index contributed by atoms with van der Waals surface area (Å²) < 4.78 is 0. The Labute approximate surface area is 102 Å². The number of hydrogen-bond acceptors (Lipinski definition) is 3. The van der Waals surface area contributed by atoms with Crippen molar-refractivity contribution in [2.45, 2.75) is 13.5 Å². The third-order valence-corrected chi connectivity index (χ3v) is 3.79. The minimum atomic E-state index is 0. The molecule has 3 rings (SSSR count). The van der Waals surface area contributed by atoms with Crippen molar-refractivity contribution in [1.29, 1.82) is 0 Å². The van der Waals surface area contributed by atoms with E-state index in [1.807, 2.05) is 6.20 Å². The zero-order valence-corrected chi connectivity index (χ0v) is 10.4. The highest BCUT2D eigenvalue weighted by Crippen LogP contribution is 2.27. The second-order valence-corrected chi connectivity index (χ2v) is 4.89. The molecule has 3 heterocycles. The van der Waals surface area contributed by atoms with Gasteiger partial charge in [0.2, 0.25) is 0 Å². The highest BCUT2D eigenvalue weighted by molar-refractivity contribution is 5.85. The van der Waals surface area contributed by atoms with Crippen LogP contribution in [0, 0.1) is 18.8 Å². The molecule has 2 fully saturated rings. The molecule has 2 saturated heterocycles. The van der Waals surface area contributed by atoms with E-state index in [0.717, 1.165) is 18.4 Å².